The number of hydrogen-bond acceptors (Lipinski definition) is 4. The van der Waals surface area contributed by atoms with Gasteiger partial charge in [-0.05, 0) is 28.7 Å². The van der Waals surface area contributed by atoms with Crippen LogP contribution in [0.15, 0.2) is 121 Å². The van der Waals surface area contributed by atoms with Gasteiger partial charge in [-0.2, -0.15) is 0 Å². The number of fused-ring (bicyclic) bond motifs is 1. The molecule has 1 aliphatic carbocycles. The molecule has 2 aliphatic rings. The fourth-order valence-electron chi connectivity index (χ4n) is 6.87. The summed E-state index contributed by atoms with van der Waals surface area (Å²) in [6.07, 6.45) is 1.14. The Labute approximate surface area is 240 Å². The average Bonchev–Trinajstić information content (AvgIpc) is 3.50. The highest BCUT2D eigenvalue weighted by atomic mass is 16.5. The highest BCUT2D eigenvalue weighted by Gasteiger charge is 2.56. The van der Waals surface area contributed by atoms with Gasteiger partial charge in [0.1, 0.15) is 12.4 Å². The van der Waals surface area contributed by atoms with Crippen LogP contribution in [0.4, 0.5) is 0 Å². The molecule has 41 heavy (non-hydrogen) atoms. The van der Waals surface area contributed by atoms with Crippen LogP contribution in [0.2, 0.25) is 0 Å². The van der Waals surface area contributed by atoms with E-state index in [0.717, 1.165) is 16.7 Å². The van der Waals surface area contributed by atoms with E-state index in [1.165, 1.54) is 0 Å². The Morgan fingerprint density at radius 1 is 0.756 bits per heavy atom. The molecule has 1 heterocycles. The van der Waals surface area contributed by atoms with Crippen molar-refractivity contribution in [2.24, 2.45) is 11.8 Å². The number of benzene rings is 4. The van der Waals surface area contributed by atoms with Crippen molar-refractivity contribution in [1.29, 1.82) is 0 Å². The molecule has 1 aliphatic heterocycles. The molecule has 3 atom stereocenters. The minimum atomic E-state index is -1.10. The van der Waals surface area contributed by atoms with Crippen molar-refractivity contribution in [2.45, 2.75) is 30.8 Å². The molecule has 1 amide bonds. The summed E-state index contributed by atoms with van der Waals surface area (Å²) in [7, 11) is 0. The Balaban J connectivity index is 1.34. The Morgan fingerprint density at radius 3 is 1.88 bits per heavy atom. The molecule has 4 aromatic carbocycles. The first-order valence-electron chi connectivity index (χ1n) is 14.3. The predicted octanol–water partition coefficient (Wildman–Crippen LogP) is 5.94. The van der Waals surface area contributed by atoms with Crippen LogP contribution in [-0.2, 0) is 31.1 Å². The molecule has 6 rings (SSSR count). The van der Waals surface area contributed by atoms with E-state index >= 15 is 0 Å². The summed E-state index contributed by atoms with van der Waals surface area (Å²) in [5.74, 6) is -2.21. The predicted molar refractivity (Wildman–Crippen MR) is 157 cm³/mol. The van der Waals surface area contributed by atoms with Crippen LogP contribution in [0.25, 0.3) is 0 Å². The normalized spacial score (nSPS) is 20.2. The van der Waals surface area contributed by atoms with E-state index in [1.54, 1.807) is 17.0 Å². The summed E-state index contributed by atoms with van der Waals surface area (Å²) in [5.41, 5.74) is 3.35. The lowest BCUT2D eigenvalue weighted by Crippen LogP contribution is -2.47. The van der Waals surface area contributed by atoms with Crippen LogP contribution in [0.5, 0.6) is 0 Å². The van der Waals surface area contributed by atoms with Gasteiger partial charge in [0.25, 0.3) is 0 Å². The summed E-state index contributed by atoms with van der Waals surface area (Å²) < 4.78 is 5.69. The van der Waals surface area contributed by atoms with Crippen LogP contribution in [0.1, 0.15) is 41.0 Å². The van der Waals surface area contributed by atoms with Crippen LogP contribution < -0.4 is 0 Å². The summed E-state index contributed by atoms with van der Waals surface area (Å²) >= 11 is 0. The zero-order valence-corrected chi connectivity index (χ0v) is 22.9. The minimum absolute atomic E-state index is 0.0884. The van der Waals surface area contributed by atoms with Gasteiger partial charge in [0.05, 0.1) is 0 Å². The third-order valence-electron chi connectivity index (χ3n) is 8.86. The first-order chi connectivity index (χ1) is 20.1. The number of nitrogens with zero attached hydrogens (tertiary/aromatic N) is 1. The summed E-state index contributed by atoms with van der Waals surface area (Å²) in [6, 6.07) is 39.2. The van der Waals surface area contributed by atoms with E-state index in [9.17, 15) is 14.4 Å². The first-order valence-corrected chi connectivity index (χ1v) is 14.3. The van der Waals surface area contributed by atoms with E-state index in [4.69, 9.17) is 4.74 Å². The Bertz CT molecular complexity index is 1470. The highest BCUT2D eigenvalue weighted by Crippen LogP contribution is 2.52. The number of likely N-dealkylation sites (tertiary alicyclic amines) is 1. The van der Waals surface area contributed by atoms with E-state index in [-0.39, 0.29) is 30.1 Å². The molecule has 0 bridgehead atoms. The van der Waals surface area contributed by atoms with Crippen molar-refractivity contribution in [2.75, 3.05) is 13.1 Å². The molecule has 2 fully saturated rings. The van der Waals surface area contributed by atoms with Gasteiger partial charge in [0.2, 0.25) is 5.91 Å². The van der Waals surface area contributed by atoms with Gasteiger partial charge in [-0.1, -0.05) is 121 Å². The van der Waals surface area contributed by atoms with Gasteiger partial charge < -0.3 is 9.64 Å². The fourth-order valence-corrected chi connectivity index (χ4v) is 6.87. The molecule has 1 saturated carbocycles. The van der Waals surface area contributed by atoms with E-state index in [0.29, 0.717) is 31.5 Å². The molecule has 0 aromatic heterocycles. The summed E-state index contributed by atoms with van der Waals surface area (Å²) in [6.45, 7) is 0.790. The summed E-state index contributed by atoms with van der Waals surface area (Å²) in [5, 5.41) is 0. The van der Waals surface area contributed by atoms with Gasteiger partial charge in [0, 0.05) is 36.8 Å². The van der Waals surface area contributed by atoms with Crippen LogP contribution in [0, 0.1) is 11.8 Å². The Hall–Kier alpha value is -4.51. The second-order valence-corrected chi connectivity index (χ2v) is 11.1. The average molecular weight is 544 g/mol. The lowest BCUT2D eigenvalue weighted by atomic mass is 9.56. The van der Waals surface area contributed by atoms with E-state index in [2.05, 4.69) is 24.3 Å². The number of amides is 1. The van der Waals surface area contributed by atoms with Crippen molar-refractivity contribution < 1.29 is 19.1 Å². The van der Waals surface area contributed by atoms with Crippen molar-refractivity contribution in [3.63, 3.8) is 0 Å². The van der Waals surface area contributed by atoms with Gasteiger partial charge >= 0.3 is 5.97 Å². The molecule has 5 nitrogen and oxygen atoms in total. The number of ketones is 1. The maximum atomic E-state index is 14.2. The Morgan fingerprint density at radius 2 is 1.29 bits per heavy atom. The third-order valence-corrected chi connectivity index (χ3v) is 8.86. The largest absolute Gasteiger partial charge is 0.460 e. The van der Waals surface area contributed by atoms with Crippen molar-refractivity contribution in [3.8, 4) is 0 Å². The quantitative estimate of drug-likeness (QED) is 0.214. The van der Waals surface area contributed by atoms with Gasteiger partial charge in [-0.25, -0.2) is 0 Å². The van der Waals surface area contributed by atoms with Crippen LogP contribution >= 0.6 is 0 Å². The lowest BCUT2D eigenvalue weighted by Gasteiger charge is -2.45. The molecule has 0 N–H and O–H groups in total. The van der Waals surface area contributed by atoms with E-state index < -0.39 is 17.3 Å². The maximum absolute atomic E-state index is 14.2. The first kappa shape index (κ1) is 26.7. The molecule has 5 heteroatoms. The number of esters is 1. The second kappa shape index (κ2) is 11.5. The Kier molecular flexibility index (Phi) is 7.51. The van der Waals surface area contributed by atoms with E-state index in [1.807, 2.05) is 84.9 Å². The van der Waals surface area contributed by atoms with Crippen LogP contribution in [0.3, 0.4) is 0 Å². The number of Topliss-reactive ketones (excluding diaryl/α,β-unsaturated/α-hetero) is 1. The number of ether oxygens (including phenoxy) is 1. The number of hydrogen-bond donors (Lipinski definition) is 0. The molecule has 206 valence electrons. The molecular weight excluding hydrogens is 510 g/mol. The smallest absolute Gasteiger partial charge is 0.323 e. The zero-order chi connectivity index (χ0) is 28.2. The molecule has 3 unspecified atom stereocenters. The zero-order valence-electron chi connectivity index (χ0n) is 22.9. The topological polar surface area (TPSA) is 63.7 Å². The maximum Gasteiger partial charge on any atom is 0.323 e. The SMILES string of the molecule is O=C(OCc1ccccc1)C(C(=O)N1CC2C(=O)CCC(c3ccccc3)(c3ccccc3)C2C1)c1ccccc1. The molecule has 4 aromatic rings. The minimum Gasteiger partial charge on any atom is -0.460 e. The fraction of sp³-hybridized carbons (Fsp3) is 0.250. The monoisotopic (exact) mass is 543 g/mol. The van der Waals surface area contributed by atoms with Gasteiger partial charge in [-0.3, -0.25) is 14.4 Å². The third kappa shape index (κ3) is 5.08. The molecule has 0 radical (unpaired) electrons. The highest BCUT2D eigenvalue weighted by molar-refractivity contribution is 6.04. The number of rotatable bonds is 7. The van der Waals surface area contributed by atoms with Crippen molar-refractivity contribution in [1.82, 2.24) is 4.90 Å². The van der Waals surface area contributed by atoms with Gasteiger partial charge in [0.15, 0.2) is 5.92 Å². The number of carbonyl (C=O) groups excluding carboxylic acids is 3. The second-order valence-electron chi connectivity index (χ2n) is 11.1. The summed E-state index contributed by atoms with van der Waals surface area (Å²) in [4.78, 5) is 42.9. The van der Waals surface area contributed by atoms with Crippen molar-refractivity contribution >= 4 is 17.7 Å². The molecule has 0 spiro atoms. The standard InChI is InChI=1S/C36H33NO4/c38-32-21-22-36(28-17-9-3-10-18-28,29-19-11-4-12-20-29)31-24-37(23-30(31)32)34(39)33(27-15-7-2-8-16-27)35(40)41-25-26-13-5-1-6-14-26/h1-20,30-31,33H,21-25H2. The lowest BCUT2D eigenvalue weighted by molar-refractivity contribution is -0.152. The molecule has 1 saturated heterocycles. The number of carbonyl (C=O) groups is 3. The molecular formula is C36H33NO4. The van der Waals surface area contributed by atoms with Gasteiger partial charge in [-0.15, -0.1) is 0 Å². The van der Waals surface area contributed by atoms with Crippen molar-refractivity contribution in [3.05, 3.63) is 144 Å². The van der Waals surface area contributed by atoms with Crippen LogP contribution in [-0.4, -0.2) is 35.6 Å².